The molecule has 0 amide bonds. The van der Waals surface area contributed by atoms with Crippen LogP contribution in [0.2, 0.25) is 0 Å². The highest BCUT2D eigenvalue weighted by atomic mass is 32.2. The molecule has 0 spiro atoms. The zero-order chi connectivity index (χ0) is 13.2. The predicted molar refractivity (Wildman–Crippen MR) is 71.3 cm³/mol. The zero-order valence-corrected chi connectivity index (χ0v) is 10.9. The number of hydrogen-bond acceptors (Lipinski definition) is 5. The van der Waals surface area contributed by atoms with Crippen molar-refractivity contribution in [1.82, 2.24) is 9.97 Å². The molecule has 0 unspecified atom stereocenters. The van der Waals surface area contributed by atoms with Gasteiger partial charge in [0, 0.05) is 4.90 Å². The summed E-state index contributed by atoms with van der Waals surface area (Å²) in [6.07, 6.45) is 5.99. The quantitative estimate of drug-likeness (QED) is 0.488. The fraction of sp³-hybridized carbons (Fsp3) is 0.231. The topological polar surface area (TPSA) is 68.9 Å². The number of nitrogens with zero attached hydrogens (tertiary/aromatic N) is 3. The molecule has 96 valence electrons. The molecule has 0 saturated heterocycles. The molecule has 1 aliphatic rings. The van der Waals surface area contributed by atoms with E-state index in [1.807, 2.05) is 0 Å². The van der Waals surface area contributed by atoms with Crippen molar-refractivity contribution in [3.05, 3.63) is 51.8 Å². The Morgan fingerprint density at radius 3 is 2.63 bits per heavy atom. The summed E-state index contributed by atoms with van der Waals surface area (Å²) in [6.45, 7) is 0. The van der Waals surface area contributed by atoms with Crippen LogP contribution < -0.4 is 0 Å². The van der Waals surface area contributed by atoms with E-state index < -0.39 is 4.92 Å². The second-order valence-corrected chi connectivity index (χ2v) is 5.41. The third-order valence-corrected chi connectivity index (χ3v) is 3.99. The van der Waals surface area contributed by atoms with Gasteiger partial charge >= 0.3 is 5.69 Å². The standard InChI is InChI=1S/C13H11N3O2S/c17-16(18)11-7-14-13(15-8-11)19-12-5-4-9-2-1-3-10(9)6-12/h4-8H,1-3H2. The van der Waals surface area contributed by atoms with E-state index in [4.69, 9.17) is 0 Å². The minimum absolute atomic E-state index is 0.0849. The molecule has 1 aromatic heterocycles. The predicted octanol–water partition coefficient (Wildman–Crippen LogP) is 3.02. The SMILES string of the molecule is O=[N+]([O-])c1cnc(Sc2ccc3c(c2)CCC3)nc1. The molecule has 0 radical (unpaired) electrons. The lowest BCUT2D eigenvalue weighted by atomic mass is 10.1. The van der Waals surface area contributed by atoms with Crippen LogP contribution in [0.25, 0.3) is 0 Å². The summed E-state index contributed by atoms with van der Waals surface area (Å²) in [5.74, 6) is 0. The van der Waals surface area contributed by atoms with E-state index in [0.717, 1.165) is 17.7 Å². The van der Waals surface area contributed by atoms with Crippen LogP contribution in [0.15, 0.2) is 40.6 Å². The van der Waals surface area contributed by atoms with Gasteiger partial charge in [-0.25, -0.2) is 9.97 Å². The van der Waals surface area contributed by atoms with Crippen molar-refractivity contribution in [3.63, 3.8) is 0 Å². The maximum Gasteiger partial charge on any atom is 0.305 e. The van der Waals surface area contributed by atoms with Crippen LogP contribution in [0, 0.1) is 10.1 Å². The number of aromatic nitrogens is 2. The van der Waals surface area contributed by atoms with E-state index in [1.165, 1.54) is 41.7 Å². The first-order chi connectivity index (χ1) is 9.22. The third-order valence-electron chi connectivity index (χ3n) is 3.10. The van der Waals surface area contributed by atoms with Gasteiger partial charge in [0.15, 0.2) is 5.16 Å². The first kappa shape index (κ1) is 12.1. The number of hydrogen-bond donors (Lipinski definition) is 0. The second kappa shape index (κ2) is 4.97. The maximum atomic E-state index is 10.5. The van der Waals surface area contributed by atoms with Crippen LogP contribution in [0.3, 0.4) is 0 Å². The molecule has 5 nitrogen and oxygen atoms in total. The Labute approximate surface area is 114 Å². The van der Waals surface area contributed by atoms with E-state index >= 15 is 0 Å². The number of aryl methyl sites for hydroxylation is 2. The highest BCUT2D eigenvalue weighted by molar-refractivity contribution is 7.99. The molecule has 2 aromatic rings. The van der Waals surface area contributed by atoms with Gasteiger partial charge in [-0.2, -0.15) is 0 Å². The third kappa shape index (κ3) is 2.58. The lowest BCUT2D eigenvalue weighted by Crippen LogP contribution is -1.92. The number of rotatable bonds is 3. The van der Waals surface area contributed by atoms with Gasteiger partial charge in [0.05, 0.1) is 4.92 Å². The monoisotopic (exact) mass is 273 g/mol. The number of fused-ring (bicyclic) bond motifs is 1. The van der Waals surface area contributed by atoms with E-state index in [1.54, 1.807) is 0 Å². The fourth-order valence-corrected chi connectivity index (χ4v) is 2.93. The minimum atomic E-state index is -0.496. The van der Waals surface area contributed by atoms with Gasteiger partial charge in [0.25, 0.3) is 0 Å². The van der Waals surface area contributed by atoms with Gasteiger partial charge in [0.2, 0.25) is 0 Å². The smallest absolute Gasteiger partial charge is 0.258 e. The Bertz CT molecular complexity index is 628. The zero-order valence-electron chi connectivity index (χ0n) is 10.1. The van der Waals surface area contributed by atoms with E-state index in [-0.39, 0.29) is 5.69 Å². The van der Waals surface area contributed by atoms with Gasteiger partial charge in [-0.3, -0.25) is 10.1 Å². The van der Waals surface area contributed by atoms with Crippen LogP contribution >= 0.6 is 11.8 Å². The van der Waals surface area contributed by atoms with E-state index in [2.05, 4.69) is 28.2 Å². The molecule has 0 bridgehead atoms. The average Bonchev–Trinajstić information content (AvgIpc) is 2.87. The lowest BCUT2D eigenvalue weighted by molar-refractivity contribution is -0.385. The highest BCUT2D eigenvalue weighted by Gasteiger charge is 2.12. The first-order valence-corrected chi connectivity index (χ1v) is 6.80. The molecule has 1 aromatic carbocycles. The van der Waals surface area contributed by atoms with Gasteiger partial charge < -0.3 is 0 Å². The molecular weight excluding hydrogens is 262 g/mol. The summed E-state index contributed by atoms with van der Waals surface area (Å²) in [5, 5.41) is 11.0. The molecule has 1 heterocycles. The lowest BCUT2D eigenvalue weighted by Gasteiger charge is -2.03. The Hall–Kier alpha value is -1.95. The van der Waals surface area contributed by atoms with Crippen LogP contribution in [0.5, 0.6) is 0 Å². The average molecular weight is 273 g/mol. The molecule has 0 saturated carbocycles. The van der Waals surface area contributed by atoms with Crippen molar-refractivity contribution in [3.8, 4) is 0 Å². The Balaban J connectivity index is 1.79. The summed E-state index contributed by atoms with van der Waals surface area (Å²) < 4.78 is 0. The van der Waals surface area contributed by atoms with Crippen molar-refractivity contribution >= 4 is 17.4 Å². The first-order valence-electron chi connectivity index (χ1n) is 5.98. The second-order valence-electron chi connectivity index (χ2n) is 4.37. The molecule has 0 atom stereocenters. The summed E-state index contributed by atoms with van der Waals surface area (Å²) in [7, 11) is 0. The largest absolute Gasteiger partial charge is 0.305 e. The molecule has 0 N–H and O–H groups in total. The van der Waals surface area contributed by atoms with Crippen LogP contribution in [-0.2, 0) is 12.8 Å². The van der Waals surface area contributed by atoms with Gasteiger partial charge in [-0.1, -0.05) is 6.07 Å². The van der Waals surface area contributed by atoms with Gasteiger partial charge in [0.1, 0.15) is 12.4 Å². The highest BCUT2D eigenvalue weighted by Crippen LogP contribution is 2.30. The molecular formula is C13H11N3O2S. The van der Waals surface area contributed by atoms with Crippen LogP contribution in [0.4, 0.5) is 5.69 Å². The summed E-state index contributed by atoms with van der Waals surface area (Å²) in [4.78, 5) is 19.1. The van der Waals surface area contributed by atoms with Gasteiger partial charge in [-0.05, 0) is 54.3 Å². The normalized spacial score (nSPS) is 13.3. The Kier molecular flexibility index (Phi) is 3.16. The molecule has 1 aliphatic carbocycles. The number of benzene rings is 1. The van der Waals surface area contributed by atoms with Crippen molar-refractivity contribution in [2.24, 2.45) is 0 Å². The summed E-state index contributed by atoms with van der Waals surface area (Å²) in [6, 6.07) is 6.37. The van der Waals surface area contributed by atoms with Crippen molar-refractivity contribution < 1.29 is 4.92 Å². The van der Waals surface area contributed by atoms with Crippen molar-refractivity contribution in [1.29, 1.82) is 0 Å². The minimum Gasteiger partial charge on any atom is -0.258 e. The van der Waals surface area contributed by atoms with E-state index in [0.29, 0.717) is 5.16 Å². The summed E-state index contributed by atoms with van der Waals surface area (Å²) in [5.41, 5.74) is 2.74. The Morgan fingerprint density at radius 1 is 1.16 bits per heavy atom. The fourth-order valence-electron chi connectivity index (χ4n) is 2.17. The summed E-state index contributed by atoms with van der Waals surface area (Å²) >= 11 is 1.43. The van der Waals surface area contributed by atoms with Crippen LogP contribution in [-0.4, -0.2) is 14.9 Å². The maximum absolute atomic E-state index is 10.5. The molecule has 0 aliphatic heterocycles. The van der Waals surface area contributed by atoms with Crippen molar-refractivity contribution in [2.45, 2.75) is 29.3 Å². The molecule has 3 rings (SSSR count). The van der Waals surface area contributed by atoms with Crippen molar-refractivity contribution in [2.75, 3.05) is 0 Å². The van der Waals surface area contributed by atoms with Crippen LogP contribution in [0.1, 0.15) is 17.5 Å². The molecule has 6 heteroatoms. The molecule has 19 heavy (non-hydrogen) atoms. The van der Waals surface area contributed by atoms with Gasteiger partial charge in [-0.15, -0.1) is 0 Å². The molecule has 0 fully saturated rings. The number of nitro groups is 1. The van der Waals surface area contributed by atoms with E-state index in [9.17, 15) is 10.1 Å². The Morgan fingerprint density at radius 2 is 1.89 bits per heavy atom.